The molecule has 0 atom stereocenters. The zero-order valence-corrected chi connectivity index (χ0v) is 22.3. The molecule has 39 heavy (non-hydrogen) atoms. The van der Waals surface area contributed by atoms with Crippen LogP contribution in [0.25, 0.3) is 0 Å². The lowest BCUT2D eigenvalue weighted by Crippen LogP contribution is -2.33. The summed E-state index contributed by atoms with van der Waals surface area (Å²) in [6, 6.07) is 17.4. The summed E-state index contributed by atoms with van der Waals surface area (Å²) in [7, 11) is 0. The lowest BCUT2D eigenvalue weighted by atomic mass is 10.1. The fourth-order valence-corrected chi connectivity index (χ4v) is 5.10. The topological polar surface area (TPSA) is 111 Å². The summed E-state index contributed by atoms with van der Waals surface area (Å²) in [4.78, 5) is 39.3. The van der Waals surface area contributed by atoms with Gasteiger partial charge >= 0.3 is 12.0 Å². The number of urea groups is 1. The van der Waals surface area contributed by atoms with Crippen molar-refractivity contribution >= 4 is 46.8 Å². The Morgan fingerprint density at radius 1 is 1.05 bits per heavy atom. The van der Waals surface area contributed by atoms with Crippen LogP contribution in [0.2, 0.25) is 0 Å². The van der Waals surface area contributed by atoms with Crippen LogP contribution in [-0.4, -0.2) is 41.0 Å². The first-order valence-corrected chi connectivity index (χ1v) is 13.7. The molecule has 202 valence electrons. The monoisotopic (exact) mass is 548 g/mol. The second-order valence-electron chi connectivity index (χ2n) is 8.98. The van der Waals surface area contributed by atoms with Gasteiger partial charge in [-0.25, -0.2) is 19.4 Å². The average Bonchev–Trinajstić information content (AvgIpc) is 3.17. The number of carbonyl (C=O) groups excluding carboxylic acids is 2. The van der Waals surface area contributed by atoms with Gasteiger partial charge < -0.3 is 15.3 Å². The summed E-state index contributed by atoms with van der Waals surface area (Å²) in [5, 5.41) is 15.7. The number of anilines is 2. The van der Waals surface area contributed by atoms with Gasteiger partial charge in [-0.3, -0.25) is 4.79 Å². The Labute approximate surface area is 230 Å². The van der Waals surface area contributed by atoms with Crippen LogP contribution in [0, 0.1) is 5.82 Å². The normalized spacial score (nSPS) is 13.4. The van der Waals surface area contributed by atoms with Crippen LogP contribution >= 0.6 is 11.8 Å². The number of benzene rings is 3. The van der Waals surface area contributed by atoms with Crippen LogP contribution in [0.15, 0.2) is 76.7 Å². The van der Waals surface area contributed by atoms with Gasteiger partial charge in [0.2, 0.25) is 0 Å². The number of aryl methyl sites for hydroxylation is 1. The van der Waals surface area contributed by atoms with Crippen molar-refractivity contribution in [3.63, 3.8) is 0 Å². The van der Waals surface area contributed by atoms with Gasteiger partial charge in [-0.1, -0.05) is 38.0 Å². The fourth-order valence-electron chi connectivity index (χ4n) is 4.17. The molecule has 0 spiro atoms. The number of unbranched alkanes of at least 4 members (excludes halogenated alkanes) is 2. The molecule has 3 N–H and O–H groups in total. The van der Waals surface area contributed by atoms with E-state index in [9.17, 15) is 18.8 Å². The van der Waals surface area contributed by atoms with Gasteiger partial charge in [-0.2, -0.15) is 5.10 Å². The Hall–Kier alpha value is -4.18. The van der Waals surface area contributed by atoms with Gasteiger partial charge in [-0.15, -0.1) is 11.8 Å². The summed E-state index contributed by atoms with van der Waals surface area (Å²) >= 11 is 1.61. The largest absolute Gasteiger partial charge is 0.478 e. The first kappa shape index (κ1) is 27.8. The Bertz CT molecular complexity index is 1390. The maximum absolute atomic E-state index is 13.4. The Balaban J connectivity index is 1.47. The number of amides is 3. The third-order valence-corrected chi connectivity index (χ3v) is 7.15. The molecule has 1 aliphatic rings. The molecule has 0 radical (unpaired) electrons. The molecule has 0 aliphatic carbocycles. The smallest absolute Gasteiger partial charge is 0.339 e. The molecule has 1 heterocycles. The quantitative estimate of drug-likeness (QED) is 0.156. The third-order valence-electron chi connectivity index (χ3n) is 6.16. The summed E-state index contributed by atoms with van der Waals surface area (Å²) in [6.07, 6.45) is 3.60. The van der Waals surface area contributed by atoms with Crippen LogP contribution in [-0.2, 0) is 11.2 Å². The van der Waals surface area contributed by atoms with Crippen molar-refractivity contribution in [2.75, 3.05) is 22.5 Å². The first-order chi connectivity index (χ1) is 18.9. The molecule has 0 saturated heterocycles. The van der Waals surface area contributed by atoms with Crippen molar-refractivity contribution in [2.45, 2.75) is 37.5 Å². The molecule has 1 aliphatic heterocycles. The van der Waals surface area contributed by atoms with Crippen molar-refractivity contribution in [3.05, 3.63) is 89.2 Å². The average molecular weight is 549 g/mol. The van der Waals surface area contributed by atoms with Crippen molar-refractivity contribution in [1.29, 1.82) is 0 Å². The zero-order chi connectivity index (χ0) is 27.8. The number of rotatable bonds is 11. The van der Waals surface area contributed by atoms with E-state index in [0.717, 1.165) is 47.6 Å². The molecule has 0 fully saturated rings. The summed E-state index contributed by atoms with van der Waals surface area (Å²) in [5.41, 5.74) is 5.44. The number of nitrogens with zero attached hydrogens (tertiary/aromatic N) is 2. The minimum atomic E-state index is -0.953. The molecular formula is C29H29FN4O4S. The predicted molar refractivity (Wildman–Crippen MR) is 151 cm³/mol. The number of aromatic carboxylic acids is 1. The van der Waals surface area contributed by atoms with Crippen LogP contribution < -0.4 is 15.6 Å². The summed E-state index contributed by atoms with van der Waals surface area (Å²) < 4.78 is 13.4. The van der Waals surface area contributed by atoms with Crippen molar-refractivity contribution < 1.29 is 23.9 Å². The summed E-state index contributed by atoms with van der Waals surface area (Å²) in [6.45, 7) is 2.64. The highest BCUT2D eigenvalue weighted by atomic mass is 32.2. The number of carbonyl (C=O) groups is 3. The lowest BCUT2D eigenvalue weighted by Gasteiger charge is -2.16. The van der Waals surface area contributed by atoms with E-state index in [1.54, 1.807) is 34.9 Å². The van der Waals surface area contributed by atoms with Gasteiger partial charge in [0.05, 0.1) is 11.3 Å². The van der Waals surface area contributed by atoms with Gasteiger partial charge in [0, 0.05) is 28.4 Å². The molecule has 3 aromatic rings. The van der Waals surface area contributed by atoms with Crippen LogP contribution in [0.3, 0.4) is 0 Å². The number of thioether (sulfide) groups is 1. The minimum Gasteiger partial charge on any atom is -0.478 e. The van der Waals surface area contributed by atoms with Gasteiger partial charge in [0.15, 0.2) is 5.71 Å². The second-order valence-corrected chi connectivity index (χ2v) is 10.1. The van der Waals surface area contributed by atoms with Crippen molar-refractivity contribution in [3.8, 4) is 0 Å². The standard InChI is InChI=1S/C29H29FN4O4S/c1-2-3-4-15-34-25-13-12-23(39-16-14-19-8-10-20(11-9-19)28(36)37)18-24(25)26(27(34)35)32-33-29(38)31-22-7-5-6-21(30)17-22/h5-13,17-18H,2-4,14-16H2,1H3,(H,36,37)(H2,31,33,38)/b32-26+. The SMILES string of the molecule is CCCCCN1C(=O)/C(=N/NC(=O)Nc2cccc(F)c2)c2cc(SCCc3ccc(C(=O)O)cc3)ccc21. The number of halogens is 1. The molecule has 0 bridgehead atoms. The lowest BCUT2D eigenvalue weighted by molar-refractivity contribution is -0.112. The van der Waals surface area contributed by atoms with E-state index < -0.39 is 17.8 Å². The maximum Gasteiger partial charge on any atom is 0.339 e. The molecule has 0 saturated carbocycles. The Morgan fingerprint density at radius 3 is 2.56 bits per heavy atom. The number of hydrazone groups is 1. The molecule has 3 amide bonds. The van der Waals surface area contributed by atoms with Crippen LogP contribution in [0.4, 0.5) is 20.6 Å². The molecule has 0 unspecified atom stereocenters. The van der Waals surface area contributed by atoms with E-state index >= 15 is 0 Å². The van der Waals surface area contributed by atoms with Gasteiger partial charge in [0.25, 0.3) is 5.91 Å². The number of carboxylic acid groups (broad SMARTS) is 1. The highest BCUT2D eigenvalue weighted by molar-refractivity contribution is 7.99. The van der Waals surface area contributed by atoms with Gasteiger partial charge in [-0.05, 0) is 66.9 Å². The minimum absolute atomic E-state index is 0.141. The molecular weight excluding hydrogens is 519 g/mol. The number of hydrogen-bond acceptors (Lipinski definition) is 5. The molecule has 3 aromatic carbocycles. The highest BCUT2D eigenvalue weighted by Crippen LogP contribution is 2.33. The van der Waals surface area contributed by atoms with Crippen LogP contribution in [0.5, 0.6) is 0 Å². The Morgan fingerprint density at radius 2 is 1.85 bits per heavy atom. The van der Waals surface area contributed by atoms with E-state index in [1.165, 1.54) is 18.2 Å². The van der Waals surface area contributed by atoms with Gasteiger partial charge in [0.1, 0.15) is 5.82 Å². The van der Waals surface area contributed by atoms with E-state index in [4.69, 9.17) is 5.11 Å². The third kappa shape index (κ3) is 7.23. The second kappa shape index (κ2) is 13.1. The van der Waals surface area contributed by atoms with Crippen molar-refractivity contribution in [1.82, 2.24) is 5.43 Å². The number of carboxylic acids is 1. The number of nitrogens with one attached hydrogen (secondary N) is 2. The predicted octanol–water partition coefficient (Wildman–Crippen LogP) is 5.92. The number of fused-ring (bicyclic) bond motifs is 1. The molecule has 10 heteroatoms. The van der Waals surface area contributed by atoms with E-state index in [2.05, 4.69) is 22.8 Å². The van der Waals surface area contributed by atoms with E-state index in [0.29, 0.717) is 12.1 Å². The molecule has 4 rings (SSSR count). The molecule has 8 nitrogen and oxygen atoms in total. The first-order valence-electron chi connectivity index (χ1n) is 12.7. The van der Waals surface area contributed by atoms with Crippen LogP contribution in [0.1, 0.15) is 47.7 Å². The maximum atomic E-state index is 13.4. The zero-order valence-electron chi connectivity index (χ0n) is 21.4. The Kier molecular flexibility index (Phi) is 9.32. The van der Waals surface area contributed by atoms with E-state index in [1.807, 2.05) is 30.3 Å². The highest BCUT2D eigenvalue weighted by Gasteiger charge is 2.34. The fraction of sp³-hybridized carbons (Fsp3) is 0.241. The van der Waals surface area contributed by atoms with Crippen molar-refractivity contribution in [2.24, 2.45) is 5.10 Å². The van der Waals surface area contributed by atoms with E-state index in [-0.39, 0.29) is 22.9 Å². The summed E-state index contributed by atoms with van der Waals surface area (Å²) in [5.74, 6) is -0.970. The number of hydrogen-bond donors (Lipinski definition) is 3. The molecule has 0 aromatic heterocycles.